The second-order valence-electron chi connectivity index (χ2n) is 6.55. The van der Waals surface area contributed by atoms with E-state index in [-0.39, 0.29) is 17.9 Å². The topological polar surface area (TPSA) is 83.4 Å². The monoisotopic (exact) mass is 449 g/mol. The van der Waals surface area contributed by atoms with Gasteiger partial charge >= 0.3 is 0 Å². The maximum absolute atomic E-state index is 12.9. The molecule has 0 spiro atoms. The van der Waals surface area contributed by atoms with Gasteiger partial charge in [-0.1, -0.05) is 40.2 Å². The first kappa shape index (κ1) is 19.0. The van der Waals surface area contributed by atoms with Crippen LogP contribution in [0.4, 0.5) is 0 Å². The quantitative estimate of drug-likeness (QED) is 0.371. The van der Waals surface area contributed by atoms with Crippen LogP contribution in [0.2, 0.25) is 0 Å². The first-order valence-corrected chi connectivity index (χ1v) is 9.70. The number of aliphatic hydroxyl groups is 1. The Balaban J connectivity index is 1.85. The molecule has 7 heteroatoms. The van der Waals surface area contributed by atoms with Crippen molar-refractivity contribution in [2.24, 2.45) is 0 Å². The van der Waals surface area contributed by atoms with Crippen LogP contribution in [0.3, 0.4) is 0 Å². The Morgan fingerprint density at radius 2 is 1.83 bits per heavy atom. The zero-order valence-electron chi connectivity index (χ0n) is 15.2. The molecule has 1 aliphatic rings. The van der Waals surface area contributed by atoms with E-state index in [2.05, 4.69) is 25.9 Å². The molecule has 1 saturated heterocycles. The predicted octanol–water partition coefficient (Wildman–Crippen LogP) is 3.86. The largest absolute Gasteiger partial charge is 0.507 e. The van der Waals surface area contributed by atoms with Gasteiger partial charge < -0.3 is 10.0 Å². The standard InChI is InChI=1S/C22H16BrN3O3/c23-16-8-6-15(7-9-16)20(27)18-19(17-5-1-2-11-25-17)26(22(29)21(18)28)13-14-4-3-10-24-12-14/h1-12,19,27H,13H2/b20-18-/t19-/m1/s1. The summed E-state index contributed by atoms with van der Waals surface area (Å²) in [5, 5.41) is 10.9. The number of ketones is 1. The number of carbonyl (C=O) groups is 2. The molecule has 0 saturated carbocycles. The number of carbonyl (C=O) groups excluding carboxylic acids is 2. The highest BCUT2D eigenvalue weighted by Crippen LogP contribution is 2.39. The fraction of sp³-hybridized carbons (Fsp3) is 0.0909. The van der Waals surface area contributed by atoms with Gasteiger partial charge in [0.15, 0.2) is 0 Å². The van der Waals surface area contributed by atoms with E-state index in [1.165, 1.54) is 4.90 Å². The third kappa shape index (κ3) is 3.69. The highest BCUT2D eigenvalue weighted by molar-refractivity contribution is 9.10. The van der Waals surface area contributed by atoms with E-state index < -0.39 is 17.7 Å². The van der Waals surface area contributed by atoms with Crippen molar-refractivity contribution in [3.05, 3.63) is 100 Å². The van der Waals surface area contributed by atoms with E-state index >= 15 is 0 Å². The Labute approximate surface area is 175 Å². The van der Waals surface area contributed by atoms with Crippen molar-refractivity contribution in [3.63, 3.8) is 0 Å². The van der Waals surface area contributed by atoms with Crippen molar-refractivity contribution >= 4 is 33.4 Å². The SMILES string of the molecule is O=C1C(=O)N(Cc2cccnc2)[C@H](c2ccccn2)/C1=C(/O)c1ccc(Br)cc1. The number of benzene rings is 1. The predicted molar refractivity (Wildman–Crippen MR) is 110 cm³/mol. The Hall–Kier alpha value is -3.32. The Morgan fingerprint density at radius 3 is 2.48 bits per heavy atom. The number of aromatic nitrogens is 2. The second-order valence-corrected chi connectivity index (χ2v) is 7.47. The minimum absolute atomic E-state index is 0.0277. The van der Waals surface area contributed by atoms with Crippen LogP contribution < -0.4 is 0 Å². The average molecular weight is 450 g/mol. The van der Waals surface area contributed by atoms with Crippen LogP contribution in [-0.2, 0) is 16.1 Å². The summed E-state index contributed by atoms with van der Waals surface area (Å²) in [4.78, 5) is 35.6. The number of hydrogen-bond acceptors (Lipinski definition) is 5. The number of pyridine rings is 2. The van der Waals surface area contributed by atoms with E-state index in [9.17, 15) is 14.7 Å². The molecule has 1 amide bonds. The van der Waals surface area contributed by atoms with Crippen molar-refractivity contribution in [2.45, 2.75) is 12.6 Å². The molecule has 4 rings (SSSR count). The zero-order valence-corrected chi connectivity index (χ0v) is 16.8. The second kappa shape index (κ2) is 7.97. The van der Waals surface area contributed by atoms with Gasteiger partial charge in [-0.15, -0.1) is 0 Å². The summed E-state index contributed by atoms with van der Waals surface area (Å²) in [5.41, 5.74) is 1.77. The molecule has 0 bridgehead atoms. The molecule has 144 valence electrons. The molecule has 0 aliphatic carbocycles. The van der Waals surface area contributed by atoms with E-state index in [0.29, 0.717) is 11.3 Å². The Morgan fingerprint density at radius 1 is 1.03 bits per heavy atom. The van der Waals surface area contributed by atoms with Crippen molar-refractivity contribution < 1.29 is 14.7 Å². The summed E-state index contributed by atoms with van der Waals surface area (Å²) in [6.07, 6.45) is 4.88. The van der Waals surface area contributed by atoms with Crippen LogP contribution in [0.15, 0.2) is 83.2 Å². The Kier molecular flexibility index (Phi) is 5.22. The lowest BCUT2D eigenvalue weighted by molar-refractivity contribution is -0.140. The minimum atomic E-state index is -0.792. The molecule has 1 aromatic carbocycles. The Bertz CT molecular complexity index is 1080. The van der Waals surface area contributed by atoms with E-state index in [0.717, 1.165) is 10.0 Å². The minimum Gasteiger partial charge on any atom is -0.507 e. The molecule has 0 unspecified atom stereocenters. The first-order chi connectivity index (χ1) is 14.1. The number of hydrogen-bond donors (Lipinski definition) is 1. The number of likely N-dealkylation sites (tertiary alicyclic amines) is 1. The van der Waals surface area contributed by atoms with Crippen molar-refractivity contribution in [1.82, 2.24) is 14.9 Å². The maximum atomic E-state index is 12.9. The molecular weight excluding hydrogens is 434 g/mol. The lowest BCUT2D eigenvalue weighted by Crippen LogP contribution is -2.29. The van der Waals surface area contributed by atoms with Gasteiger partial charge in [0.25, 0.3) is 11.7 Å². The summed E-state index contributed by atoms with van der Waals surface area (Å²) in [6.45, 7) is 0.177. The molecule has 3 heterocycles. The van der Waals surface area contributed by atoms with Crippen molar-refractivity contribution in [2.75, 3.05) is 0 Å². The number of aliphatic hydroxyl groups excluding tert-OH is 1. The number of amides is 1. The molecule has 29 heavy (non-hydrogen) atoms. The maximum Gasteiger partial charge on any atom is 0.296 e. The fourth-order valence-electron chi connectivity index (χ4n) is 3.34. The van der Waals surface area contributed by atoms with Crippen LogP contribution in [0.25, 0.3) is 5.76 Å². The van der Waals surface area contributed by atoms with Gasteiger partial charge in [-0.25, -0.2) is 0 Å². The van der Waals surface area contributed by atoms with E-state index in [1.54, 1.807) is 67.1 Å². The molecular formula is C22H16BrN3O3. The van der Waals surface area contributed by atoms with Gasteiger partial charge in [0.2, 0.25) is 0 Å². The summed E-state index contributed by atoms with van der Waals surface area (Å²) in [7, 11) is 0. The molecule has 6 nitrogen and oxygen atoms in total. The zero-order chi connectivity index (χ0) is 20.4. The summed E-state index contributed by atoms with van der Waals surface area (Å²) in [5.74, 6) is -1.63. The van der Waals surface area contributed by atoms with Crippen LogP contribution in [0.5, 0.6) is 0 Å². The van der Waals surface area contributed by atoms with Crippen LogP contribution in [-0.4, -0.2) is 31.7 Å². The van der Waals surface area contributed by atoms with Crippen molar-refractivity contribution in [1.29, 1.82) is 0 Å². The van der Waals surface area contributed by atoms with Crippen LogP contribution in [0, 0.1) is 0 Å². The lowest BCUT2D eigenvalue weighted by atomic mass is 9.98. The van der Waals surface area contributed by atoms with E-state index in [1.807, 2.05) is 6.07 Å². The van der Waals surface area contributed by atoms with Gasteiger partial charge in [0.1, 0.15) is 11.8 Å². The fourth-order valence-corrected chi connectivity index (χ4v) is 3.60. The highest BCUT2D eigenvalue weighted by Gasteiger charge is 2.46. The summed E-state index contributed by atoms with van der Waals surface area (Å²) in [6, 6.07) is 15.0. The first-order valence-electron chi connectivity index (χ1n) is 8.90. The number of halogens is 1. The van der Waals surface area contributed by atoms with Crippen LogP contribution >= 0.6 is 15.9 Å². The highest BCUT2D eigenvalue weighted by atomic mass is 79.9. The number of Topliss-reactive ketones (excluding diaryl/α,β-unsaturated/α-hetero) is 1. The molecule has 1 aliphatic heterocycles. The lowest BCUT2D eigenvalue weighted by Gasteiger charge is -2.24. The van der Waals surface area contributed by atoms with Gasteiger partial charge in [0, 0.05) is 35.2 Å². The van der Waals surface area contributed by atoms with Gasteiger partial charge in [-0.3, -0.25) is 19.6 Å². The van der Waals surface area contributed by atoms with Gasteiger partial charge in [0.05, 0.1) is 11.3 Å². The van der Waals surface area contributed by atoms with Crippen LogP contribution in [0.1, 0.15) is 22.9 Å². The molecule has 1 fully saturated rings. The third-order valence-electron chi connectivity index (χ3n) is 4.70. The summed E-state index contributed by atoms with van der Waals surface area (Å²) >= 11 is 3.35. The number of nitrogens with zero attached hydrogens (tertiary/aromatic N) is 3. The molecule has 3 aromatic rings. The smallest absolute Gasteiger partial charge is 0.296 e. The molecule has 2 aromatic heterocycles. The third-order valence-corrected chi connectivity index (χ3v) is 5.23. The van der Waals surface area contributed by atoms with E-state index in [4.69, 9.17) is 0 Å². The molecule has 1 atom stereocenters. The molecule has 0 radical (unpaired) electrons. The molecule has 1 N–H and O–H groups in total. The van der Waals surface area contributed by atoms with Gasteiger partial charge in [-0.2, -0.15) is 0 Å². The normalized spacial score (nSPS) is 18.2. The summed E-state index contributed by atoms with van der Waals surface area (Å²) < 4.78 is 0.840. The average Bonchev–Trinajstić information content (AvgIpc) is 3.00. The van der Waals surface area contributed by atoms with Gasteiger partial charge in [-0.05, 0) is 35.9 Å². The number of rotatable bonds is 4. The van der Waals surface area contributed by atoms with Crippen molar-refractivity contribution in [3.8, 4) is 0 Å².